The second kappa shape index (κ2) is 7.81. The molecule has 0 aliphatic heterocycles. The van der Waals surface area contributed by atoms with Gasteiger partial charge in [0.15, 0.2) is 5.65 Å². The van der Waals surface area contributed by atoms with Crippen molar-refractivity contribution >= 4 is 53.8 Å². The molecule has 0 amide bonds. The highest BCUT2D eigenvalue weighted by molar-refractivity contribution is 9.10. The number of sulfonamides is 1. The molecule has 1 aromatic carbocycles. The van der Waals surface area contributed by atoms with Crippen LogP contribution in [0.3, 0.4) is 0 Å². The molecule has 0 spiro atoms. The summed E-state index contributed by atoms with van der Waals surface area (Å²) in [5, 5.41) is 9.76. The Kier molecular flexibility index (Phi) is 5.11. The van der Waals surface area contributed by atoms with Crippen LogP contribution in [0.2, 0.25) is 0 Å². The fraction of sp³-hybridized carbons (Fsp3) is 0.300. The van der Waals surface area contributed by atoms with E-state index in [1.165, 1.54) is 6.26 Å². The third-order valence-corrected chi connectivity index (χ3v) is 6.70. The lowest BCUT2D eigenvalue weighted by molar-refractivity contribution is 0.556. The highest BCUT2D eigenvalue weighted by Crippen LogP contribution is 2.27. The van der Waals surface area contributed by atoms with Gasteiger partial charge < -0.3 is 5.32 Å². The number of hydrogen-bond donors (Lipinski definition) is 2. The quantitative estimate of drug-likeness (QED) is 0.431. The molecule has 2 N–H and O–H groups in total. The first-order valence-electron chi connectivity index (χ1n) is 9.86. The van der Waals surface area contributed by atoms with Gasteiger partial charge in [-0.3, -0.25) is 4.98 Å². The van der Waals surface area contributed by atoms with E-state index < -0.39 is 10.0 Å². The van der Waals surface area contributed by atoms with E-state index >= 15 is 0 Å². The number of fused-ring (bicyclic) bond motifs is 2. The molecule has 3 aromatic heterocycles. The van der Waals surface area contributed by atoms with E-state index in [-0.39, 0.29) is 12.1 Å². The van der Waals surface area contributed by atoms with Gasteiger partial charge in [0.05, 0.1) is 22.8 Å². The average molecular weight is 502 g/mol. The van der Waals surface area contributed by atoms with Crippen molar-refractivity contribution < 1.29 is 8.42 Å². The van der Waals surface area contributed by atoms with Gasteiger partial charge in [-0.15, -0.1) is 0 Å². The molecule has 3 heterocycles. The minimum Gasteiger partial charge on any atom is -0.351 e. The Bertz CT molecular complexity index is 1390. The zero-order valence-electron chi connectivity index (χ0n) is 16.7. The van der Waals surface area contributed by atoms with Crippen LogP contribution in [0.25, 0.3) is 27.6 Å². The molecule has 1 saturated carbocycles. The fourth-order valence-corrected chi connectivity index (χ4v) is 5.28. The van der Waals surface area contributed by atoms with Crippen LogP contribution in [-0.4, -0.2) is 51.5 Å². The number of rotatable bonds is 5. The molecule has 0 saturated heterocycles. The monoisotopic (exact) mass is 501 g/mol. The van der Waals surface area contributed by atoms with Gasteiger partial charge >= 0.3 is 0 Å². The van der Waals surface area contributed by atoms with Gasteiger partial charge in [-0.1, -0.05) is 6.07 Å². The number of nitrogens with zero attached hydrogens (tertiary/aromatic N) is 5. The van der Waals surface area contributed by atoms with Gasteiger partial charge in [-0.2, -0.15) is 10.1 Å². The largest absolute Gasteiger partial charge is 0.351 e. The Morgan fingerprint density at radius 1 is 1.16 bits per heavy atom. The lowest BCUT2D eigenvalue weighted by Gasteiger charge is -2.14. The number of pyridine rings is 1. The van der Waals surface area contributed by atoms with E-state index in [1.807, 2.05) is 30.3 Å². The van der Waals surface area contributed by atoms with Crippen LogP contribution in [0.5, 0.6) is 0 Å². The molecule has 1 aliphatic carbocycles. The summed E-state index contributed by atoms with van der Waals surface area (Å²) in [5.74, 6) is 0.494. The van der Waals surface area contributed by atoms with E-state index in [0.717, 1.165) is 34.8 Å². The van der Waals surface area contributed by atoms with Crippen molar-refractivity contribution in [2.75, 3.05) is 11.6 Å². The molecule has 1 aliphatic rings. The average Bonchev–Trinajstić information content (AvgIpc) is 3.30. The van der Waals surface area contributed by atoms with Crippen LogP contribution in [0.15, 0.2) is 47.3 Å². The first kappa shape index (κ1) is 20.3. The highest BCUT2D eigenvalue weighted by Gasteiger charge is 2.27. The molecular formula is C20H20BrN7O2S. The van der Waals surface area contributed by atoms with Gasteiger partial charge in [0.1, 0.15) is 4.60 Å². The summed E-state index contributed by atoms with van der Waals surface area (Å²) in [6, 6.07) is 9.89. The Balaban J connectivity index is 1.44. The van der Waals surface area contributed by atoms with Crippen molar-refractivity contribution in [3.63, 3.8) is 0 Å². The molecule has 2 atom stereocenters. The fourth-order valence-electron chi connectivity index (χ4n) is 4.02. The number of nitrogens with one attached hydrogen (secondary N) is 2. The number of hydrogen-bond acceptors (Lipinski definition) is 7. The number of aromatic nitrogens is 5. The minimum absolute atomic E-state index is 0.0675. The summed E-state index contributed by atoms with van der Waals surface area (Å²) < 4.78 is 28.1. The lowest BCUT2D eigenvalue weighted by atomic mass is 10.2. The van der Waals surface area contributed by atoms with Gasteiger partial charge in [-0.05, 0) is 59.5 Å². The van der Waals surface area contributed by atoms with Crippen molar-refractivity contribution in [1.82, 2.24) is 29.5 Å². The molecule has 0 bridgehead atoms. The molecule has 0 radical (unpaired) electrons. The standard InChI is InChI=1S/C20H20BrN7O2S/c1-31(29,30)27-14-5-4-13(10-14)24-20-23-11-16-18(21)26-28(19(16)25-20)15-6-7-17-12(9-15)3-2-8-22-17/h2-3,6-9,11,13-14,27H,4-5,10H2,1H3,(H,23,24,25)/t13-,14-/m1/s1. The molecule has 9 nitrogen and oxygen atoms in total. The van der Waals surface area contributed by atoms with Crippen molar-refractivity contribution in [3.05, 3.63) is 47.3 Å². The Hall–Kier alpha value is -2.63. The molecule has 11 heteroatoms. The predicted octanol–water partition coefficient (Wildman–Crippen LogP) is 3.01. The normalized spacial score (nSPS) is 19.3. The number of benzene rings is 1. The summed E-state index contributed by atoms with van der Waals surface area (Å²) in [6.45, 7) is 0. The maximum absolute atomic E-state index is 11.5. The molecule has 5 rings (SSSR count). The maximum atomic E-state index is 11.5. The molecule has 160 valence electrons. The molecule has 31 heavy (non-hydrogen) atoms. The van der Waals surface area contributed by atoms with Crippen LogP contribution >= 0.6 is 15.9 Å². The predicted molar refractivity (Wildman–Crippen MR) is 123 cm³/mol. The molecule has 0 unspecified atom stereocenters. The van der Waals surface area contributed by atoms with Gasteiger partial charge in [-0.25, -0.2) is 22.8 Å². The zero-order valence-corrected chi connectivity index (χ0v) is 19.1. The maximum Gasteiger partial charge on any atom is 0.224 e. The minimum atomic E-state index is -3.21. The molecule has 1 fully saturated rings. The van der Waals surface area contributed by atoms with E-state index in [0.29, 0.717) is 22.6 Å². The van der Waals surface area contributed by atoms with Crippen LogP contribution in [0.4, 0.5) is 5.95 Å². The molecular weight excluding hydrogens is 482 g/mol. The highest BCUT2D eigenvalue weighted by atomic mass is 79.9. The van der Waals surface area contributed by atoms with Gasteiger partial charge in [0.25, 0.3) is 0 Å². The smallest absolute Gasteiger partial charge is 0.224 e. The number of anilines is 1. The summed E-state index contributed by atoms with van der Waals surface area (Å²) >= 11 is 3.50. The Morgan fingerprint density at radius 3 is 2.84 bits per heavy atom. The van der Waals surface area contributed by atoms with Crippen molar-refractivity contribution in [1.29, 1.82) is 0 Å². The van der Waals surface area contributed by atoms with Crippen LogP contribution in [0.1, 0.15) is 19.3 Å². The first-order chi connectivity index (χ1) is 14.9. The second-order valence-corrected chi connectivity index (χ2v) is 10.3. The Morgan fingerprint density at radius 2 is 2.00 bits per heavy atom. The summed E-state index contributed by atoms with van der Waals surface area (Å²) in [7, 11) is -3.21. The zero-order chi connectivity index (χ0) is 21.6. The van der Waals surface area contributed by atoms with E-state index in [4.69, 9.17) is 4.98 Å². The van der Waals surface area contributed by atoms with Crippen LogP contribution < -0.4 is 10.0 Å². The van der Waals surface area contributed by atoms with Gasteiger partial charge in [0, 0.05) is 29.9 Å². The summed E-state index contributed by atoms with van der Waals surface area (Å²) in [5.41, 5.74) is 2.47. The second-order valence-electron chi connectivity index (χ2n) is 7.76. The third kappa shape index (κ3) is 4.25. The summed E-state index contributed by atoms with van der Waals surface area (Å²) in [4.78, 5) is 13.5. The van der Waals surface area contributed by atoms with Crippen molar-refractivity contribution in [3.8, 4) is 5.69 Å². The lowest BCUT2D eigenvalue weighted by Crippen LogP contribution is -2.33. The topological polar surface area (TPSA) is 115 Å². The SMILES string of the molecule is CS(=O)(=O)N[C@@H]1CC[C@@H](Nc2ncc3c(Br)nn(-c4ccc5ncccc5c4)c3n2)C1. The van der Waals surface area contributed by atoms with Crippen LogP contribution in [0, 0.1) is 0 Å². The van der Waals surface area contributed by atoms with Crippen molar-refractivity contribution in [2.45, 2.75) is 31.3 Å². The summed E-state index contributed by atoms with van der Waals surface area (Å²) in [6.07, 6.45) is 7.01. The number of halogens is 1. The first-order valence-corrected chi connectivity index (χ1v) is 12.5. The van der Waals surface area contributed by atoms with Crippen molar-refractivity contribution in [2.24, 2.45) is 0 Å². The van der Waals surface area contributed by atoms with E-state index in [9.17, 15) is 8.42 Å². The third-order valence-electron chi connectivity index (χ3n) is 5.36. The van der Waals surface area contributed by atoms with Crippen LogP contribution in [-0.2, 0) is 10.0 Å². The van der Waals surface area contributed by atoms with E-state index in [1.54, 1.807) is 17.1 Å². The molecule has 4 aromatic rings. The van der Waals surface area contributed by atoms with E-state index in [2.05, 4.69) is 41.0 Å². The van der Waals surface area contributed by atoms with Gasteiger partial charge in [0.2, 0.25) is 16.0 Å². The Labute approximate surface area is 187 Å².